The van der Waals surface area contributed by atoms with Crippen LogP contribution in [0.1, 0.15) is 58.6 Å². The maximum absolute atomic E-state index is 15.5. The SMILES string of the molecule is CC(C)(C)OC(=O)C(F)(CCCCCCO)c1cccc(Cl)n1. The zero-order chi connectivity index (χ0) is 17.5. The van der Waals surface area contributed by atoms with Crippen molar-refractivity contribution in [3.05, 3.63) is 29.0 Å². The molecule has 23 heavy (non-hydrogen) atoms. The minimum Gasteiger partial charge on any atom is -0.457 e. The first-order valence-corrected chi connectivity index (χ1v) is 8.23. The Morgan fingerprint density at radius 2 is 1.91 bits per heavy atom. The Labute approximate surface area is 142 Å². The van der Waals surface area contributed by atoms with E-state index in [0.717, 1.165) is 12.8 Å². The minimum atomic E-state index is -2.32. The van der Waals surface area contributed by atoms with Crippen molar-refractivity contribution in [2.75, 3.05) is 6.61 Å². The summed E-state index contributed by atoms with van der Waals surface area (Å²) in [5.74, 6) is -0.943. The number of esters is 1. The summed E-state index contributed by atoms with van der Waals surface area (Å²) in [5.41, 5.74) is -3.14. The Hall–Kier alpha value is -1.20. The third-order valence-corrected chi connectivity index (χ3v) is 3.48. The lowest BCUT2D eigenvalue weighted by molar-refractivity contribution is -0.171. The molecule has 1 rings (SSSR count). The Kier molecular flexibility index (Phi) is 7.42. The summed E-state index contributed by atoms with van der Waals surface area (Å²) in [6.45, 7) is 5.19. The van der Waals surface area contributed by atoms with Crippen molar-refractivity contribution < 1.29 is 19.0 Å². The fourth-order valence-electron chi connectivity index (χ4n) is 2.16. The van der Waals surface area contributed by atoms with E-state index in [-0.39, 0.29) is 23.9 Å². The van der Waals surface area contributed by atoms with Crippen LogP contribution >= 0.6 is 11.6 Å². The fraction of sp³-hybridized carbons (Fsp3) is 0.647. The van der Waals surface area contributed by atoms with Crippen LogP contribution < -0.4 is 0 Å². The number of alkyl halides is 1. The lowest BCUT2D eigenvalue weighted by Gasteiger charge is -2.28. The van der Waals surface area contributed by atoms with Gasteiger partial charge in [0.2, 0.25) is 5.67 Å². The number of nitrogens with zero attached hydrogens (tertiary/aromatic N) is 1. The quantitative estimate of drug-likeness (QED) is 0.436. The third kappa shape index (κ3) is 6.43. The van der Waals surface area contributed by atoms with Gasteiger partial charge in [-0.25, -0.2) is 14.2 Å². The standard InChI is InChI=1S/C17H25ClFNO3/c1-16(2,3)23-15(22)17(19,11-6-4-5-7-12-21)13-9-8-10-14(18)20-13/h8-10,21H,4-7,11-12H2,1-3H3. The molecular formula is C17H25ClFNO3. The number of carbonyl (C=O) groups excluding carboxylic acids is 1. The van der Waals surface area contributed by atoms with E-state index in [9.17, 15) is 4.79 Å². The van der Waals surface area contributed by atoms with Crippen LogP contribution in [0.5, 0.6) is 0 Å². The molecule has 130 valence electrons. The number of aliphatic hydroxyl groups is 1. The molecule has 1 N–H and O–H groups in total. The van der Waals surface area contributed by atoms with Gasteiger partial charge in [0.1, 0.15) is 10.8 Å². The number of carbonyl (C=O) groups is 1. The first-order chi connectivity index (χ1) is 10.7. The number of pyridine rings is 1. The van der Waals surface area contributed by atoms with Crippen molar-refractivity contribution in [1.82, 2.24) is 4.98 Å². The van der Waals surface area contributed by atoms with Gasteiger partial charge in [0.05, 0.1) is 5.69 Å². The van der Waals surface area contributed by atoms with Gasteiger partial charge in [0.25, 0.3) is 0 Å². The van der Waals surface area contributed by atoms with Gasteiger partial charge in [0.15, 0.2) is 0 Å². The molecule has 1 heterocycles. The molecule has 4 nitrogen and oxygen atoms in total. The molecule has 0 radical (unpaired) electrons. The van der Waals surface area contributed by atoms with Crippen LogP contribution in [0.4, 0.5) is 4.39 Å². The van der Waals surface area contributed by atoms with Crippen LogP contribution in [0.3, 0.4) is 0 Å². The number of aromatic nitrogens is 1. The molecule has 0 aliphatic heterocycles. The van der Waals surface area contributed by atoms with Gasteiger partial charge < -0.3 is 9.84 Å². The lowest BCUT2D eigenvalue weighted by atomic mass is 9.93. The van der Waals surface area contributed by atoms with Gasteiger partial charge in [-0.2, -0.15) is 0 Å². The Morgan fingerprint density at radius 1 is 1.26 bits per heavy atom. The average molecular weight is 346 g/mol. The van der Waals surface area contributed by atoms with Crippen molar-refractivity contribution in [2.45, 2.75) is 64.1 Å². The van der Waals surface area contributed by atoms with Crippen molar-refractivity contribution >= 4 is 17.6 Å². The van der Waals surface area contributed by atoms with Gasteiger partial charge in [-0.1, -0.05) is 30.5 Å². The molecule has 1 aromatic heterocycles. The number of ether oxygens (including phenoxy) is 1. The van der Waals surface area contributed by atoms with Crippen LogP contribution in [0.25, 0.3) is 0 Å². The predicted molar refractivity (Wildman–Crippen MR) is 88.0 cm³/mol. The van der Waals surface area contributed by atoms with E-state index >= 15 is 4.39 Å². The van der Waals surface area contributed by atoms with E-state index < -0.39 is 17.2 Å². The highest BCUT2D eigenvalue weighted by Crippen LogP contribution is 2.34. The minimum absolute atomic E-state index is 0.0265. The number of aliphatic hydroxyl groups excluding tert-OH is 1. The molecule has 0 fully saturated rings. The molecule has 0 aromatic carbocycles. The van der Waals surface area contributed by atoms with Crippen LogP contribution in [0, 0.1) is 0 Å². The number of halogens is 2. The van der Waals surface area contributed by atoms with E-state index in [1.807, 2.05) is 0 Å². The first kappa shape index (κ1) is 19.8. The van der Waals surface area contributed by atoms with Gasteiger partial charge in [-0.05, 0) is 52.2 Å². The second-order valence-electron chi connectivity index (χ2n) is 6.54. The van der Waals surface area contributed by atoms with Crippen LogP contribution in [0.2, 0.25) is 5.15 Å². The molecule has 0 saturated heterocycles. The summed E-state index contributed by atoms with van der Waals surface area (Å²) in [6, 6.07) is 4.54. The highest BCUT2D eigenvalue weighted by molar-refractivity contribution is 6.29. The zero-order valence-corrected chi connectivity index (χ0v) is 14.7. The van der Waals surface area contributed by atoms with E-state index in [1.165, 1.54) is 12.1 Å². The molecule has 0 aliphatic carbocycles. The van der Waals surface area contributed by atoms with Gasteiger partial charge in [-0.3, -0.25) is 0 Å². The van der Waals surface area contributed by atoms with E-state index in [1.54, 1.807) is 26.8 Å². The van der Waals surface area contributed by atoms with E-state index in [2.05, 4.69) is 4.98 Å². The summed E-state index contributed by atoms with van der Waals surface area (Å²) >= 11 is 5.83. The molecule has 1 atom stereocenters. The monoisotopic (exact) mass is 345 g/mol. The van der Waals surface area contributed by atoms with Crippen LogP contribution in [-0.4, -0.2) is 28.3 Å². The van der Waals surface area contributed by atoms with Gasteiger partial charge in [0, 0.05) is 6.61 Å². The zero-order valence-electron chi connectivity index (χ0n) is 13.9. The molecule has 6 heteroatoms. The summed E-state index contributed by atoms with van der Waals surface area (Å²) in [5, 5.41) is 8.91. The normalized spacial score (nSPS) is 14.3. The average Bonchev–Trinajstić information content (AvgIpc) is 2.45. The number of unbranched alkanes of at least 4 members (excludes halogenated alkanes) is 3. The Balaban J connectivity index is 2.93. The highest BCUT2D eigenvalue weighted by Gasteiger charge is 2.44. The second-order valence-corrected chi connectivity index (χ2v) is 6.92. The second kappa shape index (κ2) is 8.60. The molecular weight excluding hydrogens is 321 g/mol. The number of hydrogen-bond donors (Lipinski definition) is 1. The molecule has 0 amide bonds. The maximum Gasteiger partial charge on any atom is 0.350 e. The number of hydrogen-bond acceptors (Lipinski definition) is 4. The van der Waals surface area contributed by atoms with Crippen molar-refractivity contribution in [1.29, 1.82) is 0 Å². The number of rotatable bonds is 8. The highest BCUT2D eigenvalue weighted by atomic mass is 35.5. The lowest BCUT2D eigenvalue weighted by Crippen LogP contribution is -2.38. The molecule has 0 bridgehead atoms. The topological polar surface area (TPSA) is 59.4 Å². The first-order valence-electron chi connectivity index (χ1n) is 7.85. The predicted octanol–water partition coefficient (Wildman–Crippen LogP) is 4.18. The molecule has 1 aromatic rings. The van der Waals surface area contributed by atoms with Crippen LogP contribution in [-0.2, 0) is 15.2 Å². The largest absolute Gasteiger partial charge is 0.457 e. The summed E-state index contributed by atoms with van der Waals surface area (Å²) in [7, 11) is 0. The van der Waals surface area contributed by atoms with Gasteiger partial charge in [-0.15, -0.1) is 0 Å². The van der Waals surface area contributed by atoms with E-state index in [0.29, 0.717) is 12.8 Å². The maximum atomic E-state index is 15.5. The van der Waals surface area contributed by atoms with Crippen molar-refractivity contribution in [3.63, 3.8) is 0 Å². The van der Waals surface area contributed by atoms with E-state index in [4.69, 9.17) is 21.4 Å². The van der Waals surface area contributed by atoms with Crippen molar-refractivity contribution in [2.24, 2.45) is 0 Å². The van der Waals surface area contributed by atoms with Crippen LogP contribution in [0.15, 0.2) is 18.2 Å². The molecule has 1 unspecified atom stereocenters. The Bertz CT molecular complexity index is 519. The fourth-order valence-corrected chi connectivity index (χ4v) is 2.32. The van der Waals surface area contributed by atoms with Gasteiger partial charge >= 0.3 is 5.97 Å². The Morgan fingerprint density at radius 3 is 2.48 bits per heavy atom. The molecule has 0 saturated carbocycles. The summed E-state index contributed by atoms with van der Waals surface area (Å²) in [6.07, 6.45) is 2.63. The molecule has 0 aliphatic rings. The summed E-state index contributed by atoms with van der Waals surface area (Å²) < 4.78 is 20.7. The molecule has 0 spiro atoms. The smallest absolute Gasteiger partial charge is 0.350 e. The third-order valence-electron chi connectivity index (χ3n) is 3.27. The van der Waals surface area contributed by atoms with Crippen molar-refractivity contribution in [3.8, 4) is 0 Å². The summed E-state index contributed by atoms with van der Waals surface area (Å²) in [4.78, 5) is 16.4.